The molecule has 2 amide bonds. The number of amides is 2. The van der Waals surface area contributed by atoms with E-state index in [1.807, 2.05) is 6.07 Å². The molecule has 0 aliphatic carbocycles. The van der Waals surface area contributed by atoms with Crippen molar-refractivity contribution in [3.8, 4) is 0 Å². The molecule has 0 aromatic carbocycles. The zero-order chi connectivity index (χ0) is 12.6. The monoisotopic (exact) mass is 233 g/mol. The van der Waals surface area contributed by atoms with Crippen molar-refractivity contribution < 1.29 is 9.59 Å². The van der Waals surface area contributed by atoms with E-state index in [2.05, 4.69) is 4.98 Å². The molecule has 0 fully saturated rings. The highest BCUT2D eigenvalue weighted by Crippen LogP contribution is 2.26. The number of pyridine rings is 1. The number of rotatable bonds is 2. The maximum Gasteiger partial charge on any atom is 0.324 e. The third kappa shape index (κ3) is 2.13. The summed E-state index contributed by atoms with van der Waals surface area (Å²) >= 11 is 0. The zero-order valence-corrected chi connectivity index (χ0v) is 10.2. The first-order valence-electron chi connectivity index (χ1n) is 5.45. The highest BCUT2D eigenvalue weighted by molar-refractivity contribution is 5.94. The van der Waals surface area contributed by atoms with Crippen LogP contribution >= 0.6 is 0 Å². The Kier molecular flexibility index (Phi) is 2.83. The molecule has 0 unspecified atom stereocenters. The maximum atomic E-state index is 11.7. The minimum absolute atomic E-state index is 0.0429. The summed E-state index contributed by atoms with van der Waals surface area (Å²) in [5.74, 6) is 0.0889. The Hall–Kier alpha value is -1.91. The number of ketones is 1. The molecule has 2 heterocycles. The Balaban J connectivity index is 2.36. The Morgan fingerprint density at radius 1 is 1.47 bits per heavy atom. The summed E-state index contributed by atoms with van der Waals surface area (Å²) in [7, 11) is 3.48. The third-order valence-electron chi connectivity index (χ3n) is 2.83. The Labute approximate surface area is 100 Å². The SMILES string of the molecule is CC(=O)Cc1cc2c(cn1)N(C)C(=O)N(C)C2. The topological polar surface area (TPSA) is 53.5 Å². The summed E-state index contributed by atoms with van der Waals surface area (Å²) < 4.78 is 0. The smallest absolute Gasteiger partial charge is 0.323 e. The predicted octanol–water partition coefficient (Wildman–Crippen LogP) is 1.21. The van der Waals surface area contributed by atoms with Crippen molar-refractivity contribution in [2.24, 2.45) is 0 Å². The van der Waals surface area contributed by atoms with Gasteiger partial charge in [0.25, 0.3) is 0 Å². The molecular weight excluding hydrogens is 218 g/mol. The van der Waals surface area contributed by atoms with Crippen molar-refractivity contribution in [1.29, 1.82) is 0 Å². The molecule has 0 radical (unpaired) electrons. The highest BCUT2D eigenvalue weighted by atomic mass is 16.2. The fourth-order valence-electron chi connectivity index (χ4n) is 2.00. The molecule has 17 heavy (non-hydrogen) atoms. The Morgan fingerprint density at radius 2 is 2.18 bits per heavy atom. The molecule has 0 saturated heterocycles. The van der Waals surface area contributed by atoms with Crippen LogP contribution in [0.4, 0.5) is 10.5 Å². The number of Topliss-reactive ketones (excluding diaryl/α,β-unsaturated/α-hetero) is 1. The van der Waals surface area contributed by atoms with Gasteiger partial charge in [0.1, 0.15) is 5.78 Å². The third-order valence-corrected chi connectivity index (χ3v) is 2.83. The average molecular weight is 233 g/mol. The second kappa shape index (κ2) is 4.16. The molecule has 0 N–H and O–H groups in total. The first-order chi connectivity index (χ1) is 7.99. The number of carbonyl (C=O) groups excluding carboxylic acids is 2. The predicted molar refractivity (Wildman–Crippen MR) is 63.9 cm³/mol. The zero-order valence-electron chi connectivity index (χ0n) is 10.2. The van der Waals surface area contributed by atoms with Gasteiger partial charge in [-0.3, -0.25) is 14.7 Å². The van der Waals surface area contributed by atoms with E-state index in [4.69, 9.17) is 0 Å². The number of urea groups is 1. The van der Waals surface area contributed by atoms with Crippen LogP contribution in [0.5, 0.6) is 0 Å². The van der Waals surface area contributed by atoms with Crippen LogP contribution in [-0.2, 0) is 17.8 Å². The Bertz CT molecular complexity index is 485. The van der Waals surface area contributed by atoms with Crippen LogP contribution in [0, 0.1) is 0 Å². The summed E-state index contributed by atoms with van der Waals surface area (Å²) in [6.07, 6.45) is 2.01. The van der Waals surface area contributed by atoms with Crippen LogP contribution in [0.15, 0.2) is 12.3 Å². The molecule has 2 rings (SSSR count). The lowest BCUT2D eigenvalue weighted by atomic mass is 10.1. The summed E-state index contributed by atoms with van der Waals surface area (Å²) in [5, 5.41) is 0. The number of fused-ring (bicyclic) bond motifs is 1. The molecule has 0 spiro atoms. The van der Waals surface area contributed by atoms with Gasteiger partial charge in [-0.1, -0.05) is 0 Å². The van der Waals surface area contributed by atoms with Crippen molar-refractivity contribution in [1.82, 2.24) is 9.88 Å². The first-order valence-corrected chi connectivity index (χ1v) is 5.45. The number of nitrogens with zero attached hydrogens (tertiary/aromatic N) is 3. The molecule has 1 aliphatic heterocycles. The second-order valence-corrected chi connectivity index (χ2v) is 4.38. The first kappa shape index (κ1) is 11.6. The lowest BCUT2D eigenvalue weighted by Crippen LogP contribution is -2.43. The van der Waals surface area contributed by atoms with Crippen LogP contribution in [0.25, 0.3) is 0 Å². The largest absolute Gasteiger partial charge is 0.324 e. The van der Waals surface area contributed by atoms with Crippen molar-refractivity contribution in [3.05, 3.63) is 23.5 Å². The standard InChI is InChI=1S/C12H15N3O2/c1-8(16)4-10-5-9-7-14(2)12(17)15(3)11(9)6-13-10/h5-6H,4,7H2,1-3H3. The van der Waals surface area contributed by atoms with Gasteiger partial charge in [-0.15, -0.1) is 0 Å². The van der Waals surface area contributed by atoms with E-state index in [0.717, 1.165) is 16.9 Å². The average Bonchev–Trinajstić information content (AvgIpc) is 2.25. The van der Waals surface area contributed by atoms with Gasteiger partial charge in [0.05, 0.1) is 11.9 Å². The highest BCUT2D eigenvalue weighted by Gasteiger charge is 2.25. The van der Waals surface area contributed by atoms with Gasteiger partial charge in [0, 0.05) is 32.8 Å². The lowest BCUT2D eigenvalue weighted by molar-refractivity contribution is -0.116. The van der Waals surface area contributed by atoms with E-state index < -0.39 is 0 Å². The van der Waals surface area contributed by atoms with Gasteiger partial charge in [-0.05, 0) is 18.6 Å². The van der Waals surface area contributed by atoms with E-state index in [1.165, 1.54) is 0 Å². The van der Waals surface area contributed by atoms with Crippen molar-refractivity contribution >= 4 is 17.5 Å². The van der Waals surface area contributed by atoms with E-state index in [-0.39, 0.29) is 11.8 Å². The maximum absolute atomic E-state index is 11.7. The molecule has 1 aromatic heterocycles. The van der Waals surface area contributed by atoms with Crippen LogP contribution in [0.1, 0.15) is 18.2 Å². The molecule has 5 nitrogen and oxygen atoms in total. The molecule has 1 aliphatic rings. The summed E-state index contributed by atoms with van der Waals surface area (Å²) in [6.45, 7) is 2.11. The molecular formula is C12H15N3O2. The van der Waals surface area contributed by atoms with Crippen LogP contribution in [-0.4, -0.2) is 35.8 Å². The number of hydrogen-bond donors (Lipinski definition) is 0. The fraction of sp³-hybridized carbons (Fsp3) is 0.417. The molecule has 5 heteroatoms. The number of anilines is 1. The number of carbonyl (C=O) groups is 2. The van der Waals surface area contributed by atoms with Crippen molar-refractivity contribution in [2.45, 2.75) is 19.9 Å². The second-order valence-electron chi connectivity index (χ2n) is 4.38. The van der Waals surface area contributed by atoms with Gasteiger partial charge in [0.2, 0.25) is 0 Å². The van der Waals surface area contributed by atoms with Crippen LogP contribution in [0.2, 0.25) is 0 Å². The van der Waals surface area contributed by atoms with Gasteiger partial charge >= 0.3 is 6.03 Å². The van der Waals surface area contributed by atoms with Crippen LogP contribution in [0.3, 0.4) is 0 Å². The van der Waals surface area contributed by atoms with Gasteiger partial charge in [0.15, 0.2) is 0 Å². The van der Waals surface area contributed by atoms with Crippen molar-refractivity contribution in [3.63, 3.8) is 0 Å². The summed E-state index contributed by atoms with van der Waals surface area (Å²) in [5.41, 5.74) is 2.61. The summed E-state index contributed by atoms with van der Waals surface area (Å²) in [6, 6.07) is 1.86. The van der Waals surface area contributed by atoms with E-state index in [0.29, 0.717) is 13.0 Å². The van der Waals surface area contributed by atoms with Gasteiger partial charge in [-0.25, -0.2) is 4.79 Å². The van der Waals surface area contributed by atoms with Gasteiger partial charge in [-0.2, -0.15) is 0 Å². The van der Waals surface area contributed by atoms with Crippen molar-refractivity contribution in [2.75, 3.05) is 19.0 Å². The summed E-state index contributed by atoms with van der Waals surface area (Å²) in [4.78, 5) is 30.2. The Morgan fingerprint density at radius 3 is 2.82 bits per heavy atom. The molecule has 90 valence electrons. The molecule has 0 bridgehead atoms. The minimum Gasteiger partial charge on any atom is -0.323 e. The molecule has 0 atom stereocenters. The quantitative estimate of drug-likeness (QED) is 0.771. The van der Waals surface area contributed by atoms with Crippen LogP contribution < -0.4 is 4.90 Å². The van der Waals surface area contributed by atoms with E-state index in [1.54, 1.807) is 37.0 Å². The minimum atomic E-state index is -0.0429. The fourth-order valence-corrected chi connectivity index (χ4v) is 2.00. The normalized spacial score (nSPS) is 14.9. The number of aromatic nitrogens is 1. The molecule has 1 aromatic rings. The number of hydrogen-bond acceptors (Lipinski definition) is 3. The van der Waals surface area contributed by atoms with E-state index in [9.17, 15) is 9.59 Å². The molecule has 0 saturated carbocycles. The van der Waals surface area contributed by atoms with E-state index >= 15 is 0 Å². The van der Waals surface area contributed by atoms with Gasteiger partial charge < -0.3 is 4.90 Å². The lowest BCUT2D eigenvalue weighted by Gasteiger charge is -2.32.